The molecule has 1 aromatic rings. The molecule has 1 aromatic carbocycles. The summed E-state index contributed by atoms with van der Waals surface area (Å²) < 4.78 is 5.38. The number of para-hydroxylation sites is 2. The topological polar surface area (TPSA) is 92.9 Å². The number of hydrogen-bond acceptors (Lipinski definition) is 5. The van der Waals surface area contributed by atoms with E-state index in [1.807, 2.05) is 6.92 Å². The van der Waals surface area contributed by atoms with Gasteiger partial charge in [-0.3, -0.25) is 19.8 Å². The molecular weight excluding hydrogens is 300 g/mol. The molecule has 0 amide bonds. The number of benzene rings is 1. The fourth-order valence-corrected chi connectivity index (χ4v) is 1.79. The van der Waals surface area contributed by atoms with Gasteiger partial charge >= 0.3 is 11.7 Å². The summed E-state index contributed by atoms with van der Waals surface area (Å²) in [5, 5.41) is 19.6. The molecule has 0 unspecified atom stereocenters. The molecule has 21 heavy (non-hydrogen) atoms. The Balaban J connectivity index is 0.00000400. The summed E-state index contributed by atoms with van der Waals surface area (Å²) in [6.45, 7) is 3.16. The molecule has 0 aliphatic rings. The SMILES string of the molecule is CCCN(CCOc1ccccc1[N+](=O)[O-])CC(=O)O.Cl. The highest BCUT2D eigenvalue weighted by molar-refractivity contribution is 5.85. The number of carboxylic acids is 1. The smallest absolute Gasteiger partial charge is 0.317 e. The van der Waals surface area contributed by atoms with Crippen LogP contribution >= 0.6 is 12.4 Å². The van der Waals surface area contributed by atoms with Crippen LogP contribution in [0, 0.1) is 10.1 Å². The molecule has 0 heterocycles. The summed E-state index contributed by atoms with van der Waals surface area (Å²) in [6.07, 6.45) is 0.832. The lowest BCUT2D eigenvalue weighted by Crippen LogP contribution is -2.34. The molecule has 0 radical (unpaired) electrons. The van der Waals surface area contributed by atoms with Gasteiger partial charge < -0.3 is 9.84 Å². The molecule has 1 N–H and O–H groups in total. The second kappa shape index (κ2) is 9.95. The zero-order chi connectivity index (χ0) is 15.0. The number of carbonyl (C=O) groups is 1. The number of aliphatic carboxylic acids is 1. The maximum atomic E-state index is 10.8. The van der Waals surface area contributed by atoms with E-state index in [0.29, 0.717) is 13.1 Å². The minimum absolute atomic E-state index is 0. The third kappa shape index (κ3) is 6.92. The Hall–Kier alpha value is -1.86. The van der Waals surface area contributed by atoms with E-state index in [1.165, 1.54) is 12.1 Å². The van der Waals surface area contributed by atoms with Crippen molar-refractivity contribution in [2.75, 3.05) is 26.2 Å². The van der Waals surface area contributed by atoms with E-state index >= 15 is 0 Å². The lowest BCUT2D eigenvalue weighted by Gasteiger charge is -2.19. The van der Waals surface area contributed by atoms with E-state index in [2.05, 4.69) is 0 Å². The second-order valence-corrected chi connectivity index (χ2v) is 4.24. The van der Waals surface area contributed by atoms with Crippen LogP contribution in [0.15, 0.2) is 24.3 Å². The van der Waals surface area contributed by atoms with Gasteiger partial charge in [0.1, 0.15) is 6.61 Å². The average molecular weight is 319 g/mol. The molecule has 0 fully saturated rings. The number of rotatable bonds is 9. The first-order valence-corrected chi connectivity index (χ1v) is 6.35. The minimum atomic E-state index is -0.899. The Labute approximate surface area is 129 Å². The molecule has 0 aliphatic heterocycles. The Kier molecular flexibility index (Phi) is 9.07. The van der Waals surface area contributed by atoms with Crippen molar-refractivity contribution in [2.45, 2.75) is 13.3 Å². The van der Waals surface area contributed by atoms with Gasteiger partial charge in [0.15, 0.2) is 5.75 Å². The fourth-order valence-electron chi connectivity index (χ4n) is 1.79. The number of hydrogen-bond donors (Lipinski definition) is 1. The zero-order valence-electron chi connectivity index (χ0n) is 11.7. The van der Waals surface area contributed by atoms with Crippen LogP contribution < -0.4 is 4.74 Å². The highest BCUT2D eigenvalue weighted by Crippen LogP contribution is 2.25. The highest BCUT2D eigenvalue weighted by Gasteiger charge is 2.14. The van der Waals surface area contributed by atoms with Crippen molar-refractivity contribution in [1.29, 1.82) is 0 Å². The number of nitrogens with zero attached hydrogens (tertiary/aromatic N) is 2. The molecule has 0 spiro atoms. The lowest BCUT2D eigenvalue weighted by atomic mass is 10.3. The molecule has 0 bridgehead atoms. The predicted octanol–water partition coefficient (Wildman–Crippen LogP) is 2.19. The highest BCUT2D eigenvalue weighted by atomic mass is 35.5. The number of ether oxygens (including phenoxy) is 1. The van der Waals surface area contributed by atoms with E-state index < -0.39 is 10.9 Å². The van der Waals surface area contributed by atoms with Gasteiger partial charge in [0.05, 0.1) is 11.5 Å². The van der Waals surface area contributed by atoms with Crippen molar-refractivity contribution >= 4 is 24.1 Å². The van der Waals surface area contributed by atoms with Crippen LogP contribution in [0.4, 0.5) is 5.69 Å². The number of nitro groups is 1. The van der Waals surface area contributed by atoms with Crippen LogP contribution in [0.2, 0.25) is 0 Å². The van der Waals surface area contributed by atoms with E-state index in [9.17, 15) is 14.9 Å². The predicted molar refractivity (Wildman–Crippen MR) is 80.2 cm³/mol. The zero-order valence-corrected chi connectivity index (χ0v) is 12.5. The lowest BCUT2D eigenvalue weighted by molar-refractivity contribution is -0.385. The van der Waals surface area contributed by atoms with Crippen molar-refractivity contribution in [3.8, 4) is 5.75 Å². The third-order valence-electron chi connectivity index (χ3n) is 2.63. The Bertz CT molecular complexity index is 470. The van der Waals surface area contributed by atoms with Crippen molar-refractivity contribution in [1.82, 2.24) is 4.90 Å². The number of halogens is 1. The van der Waals surface area contributed by atoms with Crippen LogP contribution in [0.1, 0.15) is 13.3 Å². The summed E-state index contributed by atoms with van der Waals surface area (Å²) >= 11 is 0. The van der Waals surface area contributed by atoms with Gasteiger partial charge in [0.2, 0.25) is 0 Å². The Morgan fingerprint density at radius 3 is 2.62 bits per heavy atom. The molecule has 118 valence electrons. The Morgan fingerprint density at radius 1 is 1.38 bits per heavy atom. The Morgan fingerprint density at radius 2 is 2.05 bits per heavy atom. The standard InChI is InChI=1S/C13H18N2O5.ClH/c1-2-7-14(10-13(16)17)8-9-20-12-6-4-3-5-11(12)15(18)19;/h3-6H,2,7-10H2,1H3,(H,16,17);1H. The molecule has 0 saturated heterocycles. The monoisotopic (exact) mass is 318 g/mol. The average Bonchev–Trinajstić information content (AvgIpc) is 2.38. The molecule has 0 aliphatic carbocycles. The fraction of sp³-hybridized carbons (Fsp3) is 0.462. The van der Waals surface area contributed by atoms with Crippen molar-refractivity contribution in [3.05, 3.63) is 34.4 Å². The van der Waals surface area contributed by atoms with E-state index in [-0.39, 0.29) is 37.0 Å². The second-order valence-electron chi connectivity index (χ2n) is 4.24. The van der Waals surface area contributed by atoms with E-state index in [1.54, 1.807) is 17.0 Å². The summed E-state index contributed by atoms with van der Waals surface area (Å²) in [4.78, 5) is 22.7. The maximum absolute atomic E-state index is 10.8. The molecule has 0 saturated carbocycles. The van der Waals surface area contributed by atoms with Crippen LogP contribution in [0.5, 0.6) is 5.75 Å². The van der Waals surface area contributed by atoms with Gasteiger partial charge in [0.25, 0.3) is 0 Å². The van der Waals surface area contributed by atoms with Crippen molar-refractivity contribution < 1.29 is 19.6 Å². The van der Waals surface area contributed by atoms with Crippen LogP contribution in [0.25, 0.3) is 0 Å². The molecular formula is C13H19ClN2O5. The summed E-state index contributed by atoms with van der Waals surface area (Å²) in [6, 6.07) is 6.12. The van der Waals surface area contributed by atoms with Gasteiger partial charge in [-0.05, 0) is 19.0 Å². The van der Waals surface area contributed by atoms with Crippen LogP contribution in [0.3, 0.4) is 0 Å². The summed E-state index contributed by atoms with van der Waals surface area (Å²) in [5.41, 5.74) is -0.0900. The number of nitro benzene ring substituents is 1. The van der Waals surface area contributed by atoms with Gasteiger partial charge in [-0.2, -0.15) is 0 Å². The van der Waals surface area contributed by atoms with Crippen LogP contribution in [-0.2, 0) is 4.79 Å². The van der Waals surface area contributed by atoms with Crippen LogP contribution in [-0.4, -0.2) is 47.1 Å². The molecule has 1 rings (SSSR count). The van der Waals surface area contributed by atoms with E-state index in [0.717, 1.165) is 6.42 Å². The van der Waals surface area contributed by atoms with Gasteiger partial charge in [0, 0.05) is 12.6 Å². The normalized spacial score (nSPS) is 10.0. The summed E-state index contributed by atoms with van der Waals surface area (Å²) in [7, 11) is 0. The van der Waals surface area contributed by atoms with Crippen molar-refractivity contribution in [3.63, 3.8) is 0 Å². The molecule has 8 heteroatoms. The van der Waals surface area contributed by atoms with Crippen molar-refractivity contribution in [2.24, 2.45) is 0 Å². The molecule has 7 nitrogen and oxygen atoms in total. The maximum Gasteiger partial charge on any atom is 0.317 e. The first-order valence-electron chi connectivity index (χ1n) is 6.35. The first-order chi connectivity index (χ1) is 9.54. The molecule has 0 aromatic heterocycles. The summed E-state index contributed by atoms with van der Waals surface area (Å²) in [5.74, 6) is -0.701. The number of carboxylic acid groups (broad SMARTS) is 1. The molecule has 0 atom stereocenters. The van der Waals surface area contributed by atoms with E-state index in [4.69, 9.17) is 9.84 Å². The van der Waals surface area contributed by atoms with Gasteiger partial charge in [-0.1, -0.05) is 19.1 Å². The van der Waals surface area contributed by atoms with Gasteiger partial charge in [-0.15, -0.1) is 12.4 Å². The minimum Gasteiger partial charge on any atom is -0.485 e. The van der Waals surface area contributed by atoms with Gasteiger partial charge in [-0.25, -0.2) is 0 Å². The first kappa shape index (κ1) is 19.1. The third-order valence-corrected chi connectivity index (χ3v) is 2.63. The largest absolute Gasteiger partial charge is 0.485 e. The quantitative estimate of drug-likeness (QED) is 0.554.